The number of rotatable bonds is 6. The summed E-state index contributed by atoms with van der Waals surface area (Å²) < 4.78 is 11.7. The van der Waals surface area contributed by atoms with Gasteiger partial charge < -0.3 is 4.90 Å². The molecule has 3 unspecified atom stereocenters. The van der Waals surface area contributed by atoms with E-state index in [-0.39, 0.29) is 18.1 Å². The Morgan fingerprint density at radius 3 is 2.76 bits per heavy atom. The third-order valence-electron chi connectivity index (χ3n) is 3.71. The van der Waals surface area contributed by atoms with Gasteiger partial charge in [-0.1, -0.05) is 37.6 Å². The second kappa shape index (κ2) is 7.38. The average molecular weight is 329 g/mol. The Balaban J connectivity index is 2.20. The lowest BCUT2D eigenvalue weighted by Crippen LogP contribution is -2.34. The second-order valence-corrected chi connectivity index (χ2v) is 7.35. The van der Waals surface area contributed by atoms with E-state index in [2.05, 4.69) is 5.32 Å². The lowest BCUT2D eigenvalue weighted by atomic mass is 10.1. The van der Waals surface area contributed by atoms with Crippen molar-refractivity contribution in [3.63, 3.8) is 0 Å². The highest BCUT2D eigenvalue weighted by molar-refractivity contribution is 7.84. The molecule has 1 aliphatic rings. The first-order valence-corrected chi connectivity index (χ1v) is 9.10. The van der Waals surface area contributed by atoms with Crippen LogP contribution >= 0.6 is 11.6 Å². The maximum absolute atomic E-state index is 12.4. The highest BCUT2D eigenvalue weighted by Gasteiger charge is 2.38. The molecule has 1 saturated heterocycles. The molecule has 0 radical (unpaired) electrons. The number of amides is 1. The lowest BCUT2D eigenvalue weighted by molar-refractivity contribution is -0.129. The summed E-state index contributed by atoms with van der Waals surface area (Å²) in [7, 11) is -0.875. The summed E-state index contributed by atoms with van der Waals surface area (Å²) in [6, 6.07) is 7.35. The second-order valence-electron chi connectivity index (χ2n) is 5.05. The predicted molar refractivity (Wildman–Crippen MR) is 86.7 cm³/mol. The summed E-state index contributed by atoms with van der Waals surface area (Å²) >= 11 is 6.05. The molecule has 0 saturated carbocycles. The first-order chi connectivity index (χ1) is 10.1. The first kappa shape index (κ1) is 16.5. The molecule has 3 atom stereocenters. The lowest BCUT2D eigenvalue weighted by Gasteiger charge is -2.24. The van der Waals surface area contributed by atoms with Crippen molar-refractivity contribution in [2.45, 2.75) is 32.5 Å². The molecule has 1 fully saturated rings. The van der Waals surface area contributed by atoms with Gasteiger partial charge in [0.15, 0.2) is 0 Å². The highest BCUT2D eigenvalue weighted by atomic mass is 35.5. The van der Waals surface area contributed by atoms with Gasteiger partial charge in [0, 0.05) is 33.9 Å². The maximum atomic E-state index is 12.4. The van der Waals surface area contributed by atoms with Crippen LogP contribution < -0.4 is 5.32 Å². The Hall–Kier alpha value is -0.910. The molecule has 4 nitrogen and oxygen atoms in total. The normalized spacial score (nSPS) is 23.6. The van der Waals surface area contributed by atoms with Crippen LogP contribution in [0.15, 0.2) is 24.3 Å². The number of halogens is 1. The minimum atomic E-state index is -0.875. The van der Waals surface area contributed by atoms with Gasteiger partial charge in [0.05, 0.1) is 6.04 Å². The fourth-order valence-corrected chi connectivity index (χ4v) is 3.40. The molecule has 0 aliphatic carbocycles. The van der Waals surface area contributed by atoms with Gasteiger partial charge in [-0.2, -0.15) is 0 Å². The Morgan fingerprint density at radius 1 is 1.38 bits per heavy atom. The van der Waals surface area contributed by atoms with E-state index in [9.17, 15) is 9.00 Å². The summed E-state index contributed by atoms with van der Waals surface area (Å²) in [4.78, 5) is 14.2. The van der Waals surface area contributed by atoms with Crippen LogP contribution in [0, 0.1) is 0 Å². The molecule has 21 heavy (non-hydrogen) atoms. The SMILES string of the molecule is CCC1NC(c2cccc(Cl)c2)N(CCS(=O)CC)C1=O. The van der Waals surface area contributed by atoms with Crippen LogP contribution in [-0.4, -0.2) is 39.1 Å². The van der Waals surface area contributed by atoms with Crippen molar-refractivity contribution in [2.75, 3.05) is 18.1 Å². The molecule has 1 N–H and O–H groups in total. The van der Waals surface area contributed by atoms with Crippen molar-refractivity contribution in [1.29, 1.82) is 0 Å². The summed E-state index contributed by atoms with van der Waals surface area (Å²) in [6.07, 6.45) is 0.554. The smallest absolute Gasteiger partial charge is 0.241 e. The van der Waals surface area contributed by atoms with Gasteiger partial charge in [-0.25, -0.2) is 0 Å². The average Bonchev–Trinajstić information content (AvgIpc) is 2.81. The molecule has 0 spiro atoms. The Bertz CT molecular complexity index is 538. The van der Waals surface area contributed by atoms with E-state index in [4.69, 9.17) is 11.6 Å². The van der Waals surface area contributed by atoms with Crippen molar-refractivity contribution in [1.82, 2.24) is 10.2 Å². The van der Waals surface area contributed by atoms with Crippen molar-refractivity contribution in [3.05, 3.63) is 34.9 Å². The van der Waals surface area contributed by atoms with E-state index in [1.54, 1.807) is 4.90 Å². The van der Waals surface area contributed by atoms with Gasteiger partial charge in [-0.15, -0.1) is 0 Å². The third kappa shape index (κ3) is 3.84. The quantitative estimate of drug-likeness (QED) is 0.872. The fraction of sp³-hybridized carbons (Fsp3) is 0.533. The molecule has 1 aromatic carbocycles. The van der Waals surface area contributed by atoms with Crippen LogP contribution in [0.3, 0.4) is 0 Å². The largest absolute Gasteiger partial charge is 0.321 e. The van der Waals surface area contributed by atoms with Crippen LogP contribution in [0.4, 0.5) is 0 Å². The Labute approximate surface area is 133 Å². The summed E-state index contributed by atoms with van der Waals surface area (Å²) in [6.45, 7) is 4.38. The number of nitrogens with one attached hydrogen (secondary N) is 1. The van der Waals surface area contributed by atoms with Gasteiger partial charge >= 0.3 is 0 Å². The molecule has 6 heteroatoms. The van der Waals surface area contributed by atoms with Gasteiger partial charge in [-0.3, -0.25) is 14.3 Å². The maximum Gasteiger partial charge on any atom is 0.241 e. The minimum absolute atomic E-state index is 0.0792. The van der Waals surface area contributed by atoms with Gasteiger partial charge in [0.1, 0.15) is 6.17 Å². The minimum Gasteiger partial charge on any atom is -0.321 e. The number of hydrogen-bond donors (Lipinski definition) is 1. The molecule has 0 bridgehead atoms. The molecule has 2 rings (SSSR count). The first-order valence-electron chi connectivity index (χ1n) is 7.23. The topological polar surface area (TPSA) is 49.4 Å². The monoisotopic (exact) mass is 328 g/mol. The summed E-state index contributed by atoms with van der Waals surface area (Å²) in [5.74, 6) is 1.21. The van der Waals surface area contributed by atoms with Crippen molar-refractivity contribution >= 4 is 28.3 Å². The molecule has 1 heterocycles. The van der Waals surface area contributed by atoms with E-state index in [1.165, 1.54) is 0 Å². The van der Waals surface area contributed by atoms with E-state index >= 15 is 0 Å². The van der Waals surface area contributed by atoms with Gasteiger partial charge in [0.2, 0.25) is 5.91 Å². The van der Waals surface area contributed by atoms with E-state index < -0.39 is 10.8 Å². The van der Waals surface area contributed by atoms with Crippen molar-refractivity contribution in [3.8, 4) is 0 Å². The number of hydrogen-bond acceptors (Lipinski definition) is 3. The van der Waals surface area contributed by atoms with Crippen LogP contribution in [0.25, 0.3) is 0 Å². The highest BCUT2D eigenvalue weighted by Crippen LogP contribution is 2.27. The fourth-order valence-electron chi connectivity index (χ4n) is 2.51. The number of benzene rings is 1. The summed E-state index contributed by atoms with van der Waals surface area (Å²) in [5, 5.41) is 4.00. The zero-order chi connectivity index (χ0) is 15.4. The van der Waals surface area contributed by atoms with E-state index in [1.807, 2.05) is 38.1 Å². The number of carbonyl (C=O) groups is 1. The molecule has 1 aromatic rings. The number of carbonyl (C=O) groups excluding carboxylic acids is 1. The molecule has 1 amide bonds. The van der Waals surface area contributed by atoms with Crippen LogP contribution in [0.5, 0.6) is 0 Å². The zero-order valence-corrected chi connectivity index (χ0v) is 13.9. The van der Waals surface area contributed by atoms with E-state index in [0.717, 1.165) is 12.0 Å². The molecule has 0 aromatic heterocycles. The van der Waals surface area contributed by atoms with E-state index in [0.29, 0.717) is 23.1 Å². The van der Waals surface area contributed by atoms with Gasteiger partial charge in [-0.05, 0) is 24.1 Å². The number of nitrogens with zero attached hydrogens (tertiary/aromatic N) is 1. The predicted octanol–water partition coefficient (Wildman–Crippen LogP) is 2.32. The molecular formula is C15H21ClN2O2S. The van der Waals surface area contributed by atoms with Crippen LogP contribution in [0.1, 0.15) is 32.0 Å². The summed E-state index contributed by atoms with van der Waals surface area (Å²) in [5.41, 5.74) is 0.967. The van der Waals surface area contributed by atoms with Crippen molar-refractivity contribution < 1.29 is 9.00 Å². The Kier molecular flexibility index (Phi) is 5.79. The zero-order valence-electron chi connectivity index (χ0n) is 12.3. The molecule has 1 aliphatic heterocycles. The molecule has 116 valence electrons. The Morgan fingerprint density at radius 2 is 2.14 bits per heavy atom. The van der Waals surface area contributed by atoms with Gasteiger partial charge in [0.25, 0.3) is 0 Å². The standard InChI is InChI=1S/C15H21ClN2O2S/c1-3-13-15(19)18(8-9-21(20)4-2)14(17-13)11-6-5-7-12(16)10-11/h5-7,10,13-14,17H,3-4,8-9H2,1-2H3. The van der Waals surface area contributed by atoms with Crippen LogP contribution in [0.2, 0.25) is 5.02 Å². The van der Waals surface area contributed by atoms with Crippen LogP contribution in [-0.2, 0) is 15.6 Å². The third-order valence-corrected chi connectivity index (χ3v) is 5.22. The molecular weight excluding hydrogens is 308 g/mol. The van der Waals surface area contributed by atoms with Crippen molar-refractivity contribution in [2.24, 2.45) is 0 Å².